The van der Waals surface area contributed by atoms with Gasteiger partial charge in [0.15, 0.2) is 11.3 Å². The topological polar surface area (TPSA) is 101 Å². The van der Waals surface area contributed by atoms with Crippen molar-refractivity contribution in [2.75, 3.05) is 5.32 Å². The first-order valence-electron chi connectivity index (χ1n) is 6.89. The number of nitrogens with one attached hydrogen (secondary N) is 1. The number of aryl methyl sites for hydroxylation is 2. The number of amides is 1. The molecule has 0 aliphatic carbocycles. The lowest BCUT2D eigenvalue weighted by Crippen LogP contribution is -2.17. The van der Waals surface area contributed by atoms with Crippen LogP contribution in [0.1, 0.15) is 27.4 Å². The maximum absolute atomic E-state index is 13.1. The SMILES string of the molecule is Cc1cc(C(F)(F)F)n2nc(C(=O)Nc3c(C#N)cnn3C)cc2n1. The van der Waals surface area contributed by atoms with Crippen LogP contribution in [0.4, 0.5) is 19.0 Å². The fourth-order valence-corrected chi connectivity index (χ4v) is 2.25. The molecule has 0 aromatic carbocycles. The summed E-state index contributed by atoms with van der Waals surface area (Å²) in [6, 6.07) is 3.83. The molecule has 128 valence electrons. The van der Waals surface area contributed by atoms with Gasteiger partial charge in [-0.05, 0) is 13.0 Å². The first kappa shape index (κ1) is 16.4. The molecule has 3 aromatic rings. The van der Waals surface area contributed by atoms with Crippen LogP contribution in [0.5, 0.6) is 0 Å². The van der Waals surface area contributed by atoms with E-state index in [0.29, 0.717) is 4.52 Å². The molecule has 0 fully saturated rings. The third kappa shape index (κ3) is 2.89. The number of rotatable bonds is 2. The maximum atomic E-state index is 13.1. The van der Waals surface area contributed by atoms with E-state index in [1.54, 1.807) is 0 Å². The minimum Gasteiger partial charge on any atom is -0.304 e. The van der Waals surface area contributed by atoms with Gasteiger partial charge in [0.05, 0.1) is 6.20 Å². The van der Waals surface area contributed by atoms with Gasteiger partial charge in [0.2, 0.25) is 0 Å². The third-order valence-corrected chi connectivity index (χ3v) is 3.37. The van der Waals surface area contributed by atoms with Crippen LogP contribution >= 0.6 is 0 Å². The summed E-state index contributed by atoms with van der Waals surface area (Å²) in [6.45, 7) is 1.41. The summed E-state index contributed by atoms with van der Waals surface area (Å²) in [7, 11) is 1.51. The summed E-state index contributed by atoms with van der Waals surface area (Å²) >= 11 is 0. The van der Waals surface area contributed by atoms with Gasteiger partial charge in [-0.1, -0.05) is 0 Å². The second-order valence-electron chi connectivity index (χ2n) is 5.18. The molecule has 1 amide bonds. The lowest BCUT2D eigenvalue weighted by molar-refractivity contribution is -0.142. The van der Waals surface area contributed by atoms with Gasteiger partial charge in [-0.15, -0.1) is 0 Å². The van der Waals surface area contributed by atoms with Crippen LogP contribution in [0.25, 0.3) is 5.65 Å². The highest BCUT2D eigenvalue weighted by Crippen LogP contribution is 2.30. The zero-order valence-electron chi connectivity index (χ0n) is 13.0. The van der Waals surface area contributed by atoms with E-state index in [4.69, 9.17) is 5.26 Å². The van der Waals surface area contributed by atoms with Gasteiger partial charge in [0, 0.05) is 18.8 Å². The van der Waals surface area contributed by atoms with Crippen molar-refractivity contribution in [2.24, 2.45) is 7.05 Å². The second-order valence-corrected chi connectivity index (χ2v) is 5.18. The number of hydrogen-bond acceptors (Lipinski definition) is 5. The number of nitriles is 1. The highest BCUT2D eigenvalue weighted by Gasteiger charge is 2.35. The Hall–Kier alpha value is -3.42. The molecule has 3 aromatic heterocycles. The number of halogens is 3. The van der Waals surface area contributed by atoms with E-state index in [9.17, 15) is 18.0 Å². The Morgan fingerprint density at radius 1 is 1.36 bits per heavy atom. The van der Waals surface area contributed by atoms with Crippen molar-refractivity contribution in [1.82, 2.24) is 24.4 Å². The van der Waals surface area contributed by atoms with Crippen molar-refractivity contribution >= 4 is 17.4 Å². The molecule has 3 heterocycles. The van der Waals surface area contributed by atoms with E-state index < -0.39 is 17.8 Å². The van der Waals surface area contributed by atoms with Crippen molar-refractivity contribution in [3.8, 4) is 6.07 Å². The molecule has 0 aliphatic heterocycles. The smallest absolute Gasteiger partial charge is 0.304 e. The van der Waals surface area contributed by atoms with Crippen LogP contribution in [0, 0.1) is 18.3 Å². The van der Waals surface area contributed by atoms with Crippen LogP contribution in [0.2, 0.25) is 0 Å². The highest BCUT2D eigenvalue weighted by atomic mass is 19.4. The molecule has 3 rings (SSSR count). The molecule has 0 atom stereocenters. The summed E-state index contributed by atoms with van der Waals surface area (Å²) in [5.41, 5.74) is -1.15. The Bertz CT molecular complexity index is 1030. The van der Waals surface area contributed by atoms with Gasteiger partial charge in [0.25, 0.3) is 5.91 Å². The number of anilines is 1. The van der Waals surface area contributed by atoms with Crippen LogP contribution < -0.4 is 5.32 Å². The molecule has 0 spiro atoms. The van der Waals surface area contributed by atoms with Crippen LogP contribution in [0.15, 0.2) is 18.3 Å². The Kier molecular flexibility index (Phi) is 3.67. The number of alkyl halides is 3. The number of hydrogen-bond donors (Lipinski definition) is 1. The normalized spacial score (nSPS) is 11.5. The number of carbonyl (C=O) groups excluding carboxylic acids is 1. The Balaban J connectivity index is 2.04. The summed E-state index contributed by atoms with van der Waals surface area (Å²) < 4.78 is 41.2. The number of fused-ring (bicyclic) bond motifs is 1. The molecule has 0 unspecified atom stereocenters. The van der Waals surface area contributed by atoms with E-state index >= 15 is 0 Å². The molecule has 0 saturated heterocycles. The maximum Gasteiger partial charge on any atom is 0.433 e. The van der Waals surface area contributed by atoms with E-state index in [1.807, 2.05) is 6.07 Å². The molecule has 0 radical (unpaired) electrons. The Morgan fingerprint density at radius 3 is 2.72 bits per heavy atom. The van der Waals surface area contributed by atoms with E-state index in [0.717, 1.165) is 12.1 Å². The van der Waals surface area contributed by atoms with Gasteiger partial charge >= 0.3 is 6.18 Å². The molecule has 0 aliphatic rings. The molecule has 0 saturated carbocycles. The van der Waals surface area contributed by atoms with E-state index in [1.165, 1.54) is 24.9 Å². The summed E-state index contributed by atoms with van der Waals surface area (Å²) in [4.78, 5) is 16.3. The van der Waals surface area contributed by atoms with Crippen molar-refractivity contribution in [1.29, 1.82) is 5.26 Å². The molecule has 0 bridgehead atoms. The van der Waals surface area contributed by atoms with E-state index in [2.05, 4.69) is 20.5 Å². The van der Waals surface area contributed by atoms with Crippen molar-refractivity contribution in [3.05, 3.63) is 41.0 Å². The standard InChI is InChI=1S/C14H10F3N7O/c1-7-3-10(14(15,16)17)24-11(20-7)4-9(22-24)13(25)21-12-8(5-18)6-19-23(12)2/h3-4,6H,1-2H3,(H,21,25). The average Bonchev–Trinajstić information content (AvgIpc) is 3.09. The van der Waals surface area contributed by atoms with Crippen LogP contribution in [-0.4, -0.2) is 30.3 Å². The minimum absolute atomic E-state index is 0.108. The summed E-state index contributed by atoms with van der Waals surface area (Å²) in [5, 5.41) is 18.9. The predicted octanol–water partition coefficient (Wildman–Crippen LogP) is 1.91. The fraction of sp³-hybridized carbons (Fsp3) is 0.214. The zero-order chi connectivity index (χ0) is 18.4. The Morgan fingerprint density at radius 2 is 2.08 bits per heavy atom. The molecule has 8 nitrogen and oxygen atoms in total. The number of carbonyl (C=O) groups is 1. The highest BCUT2D eigenvalue weighted by molar-refractivity contribution is 6.03. The summed E-state index contributed by atoms with van der Waals surface area (Å²) in [5.74, 6) is -0.666. The zero-order valence-corrected chi connectivity index (χ0v) is 13.0. The van der Waals surface area contributed by atoms with Crippen LogP contribution in [-0.2, 0) is 13.2 Å². The number of aromatic nitrogens is 5. The van der Waals surface area contributed by atoms with Gasteiger partial charge in [0.1, 0.15) is 23.1 Å². The molecule has 25 heavy (non-hydrogen) atoms. The lowest BCUT2D eigenvalue weighted by atomic mass is 10.3. The summed E-state index contributed by atoms with van der Waals surface area (Å²) in [6.07, 6.45) is -3.40. The fourth-order valence-electron chi connectivity index (χ4n) is 2.25. The lowest BCUT2D eigenvalue weighted by Gasteiger charge is -2.09. The van der Waals surface area contributed by atoms with Gasteiger partial charge in [-0.2, -0.15) is 28.6 Å². The van der Waals surface area contributed by atoms with Crippen molar-refractivity contribution in [3.63, 3.8) is 0 Å². The predicted molar refractivity (Wildman–Crippen MR) is 78.6 cm³/mol. The van der Waals surface area contributed by atoms with E-state index in [-0.39, 0.29) is 28.4 Å². The second kappa shape index (κ2) is 5.59. The van der Waals surface area contributed by atoms with Gasteiger partial charge < -0.3 is 5.32 Å². The molecular formula is C14H10F3N7O. The first-order valence-corrected chi connectivity index (χ1v) is 6.89. The molecule has 1 N–H and O–H groups in total. The number of nitrogens with zero attached hydrogens (tertiary/aromatic N) is 6. The van der Waals surface area contributed by atoms with Gasteiger partial charge in [-0.25, -0.2) is 9.50 Å². The van der Waals surface area contributed by atoms with Gasteiger partial charge in [-0.3, -0.25) is 9.48 Å². The molecular weight excluding hydrogens is 339 g/mol. The quantitative estimate of drug-likeness (QED) is 0.762. The van der Waals surface area contributed by atoms with Crippen molar-refractivity contribution < 1.29 is 18.0 Å². The van der Waals surface area contributed by atoms with Crippen molar-refractivity contribution in [2.45, 2.75) is 13.1 Å². The largest absolute Gasteiger partial charge is 0.433 e. The average molecular weight is 349 g/mol. The van der Waals surface area contributed by atoms with Crippen LogP contribution in [0.3, 0.4) is 0 Å². The third-order valence-electron chi connectivity index (χ3n) is 3.37. The molecule has 11 heteroatoms. The first-order chi connectivity index (χ1) is 11.7. The Labute approximate surface area is 138 Å². The monoisotopic (exact) mass is 349 g/mol. The minimum atomic E-state index is -4.65.